The lowest BCUT2D eigenvalue weighted by Gasteiger charge is -2.11. The van der Waals surface area contributed by atoms with Gasteiger partial charge in [0.05, 0.1) is 17.0 Å². The molecule has 0 fully saturated rings. The topological polar surface area (TPSA) is 89.8 Å². The highest BCUT2D eigenvalue weighted by molar-refractivity contribution is 7.89. The molecule has 4 rings (SSSR count). The van der Waals surface area contributed by atoms with Gasteiger partial charge in [-0.3, -0.25) is 4.79 Å². The van der Waals surface area contributed by atoms with Gasteiger partial charge in [0.25, 0.3) is 5.91 Å². The summed E-state index contributed by atoms with van der Waals surface area (Å²) < 4.78 is 30.7. The molecule has 0 saturated heterocycles. The molecule has 0 atom stereocenters. The van der Waals surface area contributed by atoms with Crippen LogP contribution < -0.4 is 10.1 Å². The Morgan fingerprint density at radius 3 is 2.48 bits per heavy atom. The second-order valence-electron chi connectivity index (χ2n) is 8.01. The molecule has 0 spiro atoms. The van der Waals surface area contributed by atoms with Crippen LogP contribution in [0.2, 0.25) is 0 Å². The van der Waals surface area contributed by atoms with Crippen LogP contribution in [0, 0.1) is 6.92 Å². The maximum atomic E-state index is 12.8. The zero-order valence-corrected chi connectivity index (χ0v) is 19.3. The molecule has 0 bridgehead atoms. The minimum atomic E-state index is -3.08. The molecule has 0 saturated carbocycles. The molecule has 7 nitrogen and oxygen atoms in total. The monoisotopic (exact) mass is 463 g/mol. The van der Waals surface area contributed by atoms with Crippen LogP contribution in [0.15, 0.2) is 73.1 Å². The van der Waals surface area contributed by atoms with Crippen molar-refractivity contribution >= 4 is 21.4 Å². The molecule has 0 unspecified atom stereocenters. The number of carbonyl (C=O) groups is 1. The number of benzene rings is 2. The highest BCUT2D eigenvalue weighted by atomic mass is 32.2. The first-order chi connectivity index (χ1) is 15.8. The van der Waals surface area contributed by atoms with Crippen molar-refractivity contribution in [1.82, 2.24) is 14.7 Å². The Balaban J connectivity index is 1.40. The molecule has 0 radical (unpaired) electrons. The van der Waals surface area contributed by atoms with Crippen molar-refractivity contribution in [1.29, 1.82) is 0 Å². The van der Waals surface area contributed by atoms with Crippen molar-refractivity contribution in [3.63, 3.8) is 0 Å². The summed E-state index contributed by atoms with van der Waals surface area (Å²) in [4.78, 5) is 17.4. The third-order valence-electron chi connectivity index (χ3n) is 5.14. The fourth-order valence-corrected chi connectivity index (χ4v) is 4.34. The molecule has 8 heteroatoms. The van der Waals surface area contributed by atoms with E-state index in [1.165, 1.54) is 6.26 Å². The van der Waals surface area contributed by atoms with Crippen molar-refractivity contribution < 1.29 is 17.9 Å². The molecule has 4 aromatic rings. The van der Waals surface area contributed by atoms with Crippen molar-refractivity contribution in [2.24, 2.45) is 0 Å². The molecule has 33 heavy (non-hydrogen) atoms. The molecule has 1 N–H and O–H groups in total. The normalized spacial score (nSPS) is 11.5. The number of aromatic nitrogens is 2. The number of amides is 1. The number of nitrogens with zero attached hydrogens (tertiary/aromatic N) is 2. The van der Waals surface area contributed by atoms with Crippen LogP contribution in [0.4, 0.5) is 0 Å². The van der Waals surface area contributed by atoms with E-state index in [0.717, 1.165) is 22.5 Å². The van der Waals surface area contributed by atoms with E-state index < -0.39 is 9.84 Å². The van der Waals surface area contributed by atoms with Crippen LogP contribution >= 0.6 is 0 Å². The average Bonchev–Trinajstić information content (AvgIpc) is 3.21. The Morgan fingerprint density at radius 2 is 1.76 bits per heavy atom. The number of hydrogen-bond donors (Lipinski definition) is 1. The molecule has 0 aliphatic carbocycles. The summed E-state index contributed by atoms with van der Waals surface area (Å²) in [6, 6.07) is 18.2. The van der Waals surface area contributed by atoms with E-state index in [9.17, 15) is 13.2 Å². The molecule has 2 aromatic carbocycles. The van der Waals surface area contributed by atoms with Crippen molar-refractivity contribution in [2.45, 2.75) is 25.8 Å². The first-order valence-corrected chi connectivity index (χ1v) is 12.5. The molecule has 2 heterocycles. The summed E-state index contributed by atoms with van der Waals surface area (Å²) in [5.41, 5.74) is 4.75. The van der Waals surface area contributed by atoms with Gasteiger partial charge in [-0.25, -0.2) is 13.4 Å². The van der Waals surface area contributed by atoms with Gasteiger partial charge in [0.2, 0.25) is 0 Å². The number of imidazole rings is 1. The number of para-hydroxylation sites is 1. The van der Waals surface area contributed by atoms with E-state index in [1.54, 1.807) is 30.3 Å². The first kappa shape index (κ1) is 22.5. The molecular weight excluding hydrogens is 438 g/mol. The lowest BCUT2D eigenvalue weighted by atomic mass is 10.1. The van der Waals surface area contributed by atoms with Gasteiger partial charge in [-0.1, -0.05) is 42.5 Å². The predicted octanol–water partition coefficient (Wildman–Crippen LogP) is 3.70. The van der Waals surface area contributed by atoms with E-state index in [-0.39, 0.29) is 18.3 Å². The first-order valence-electron chi connectivity index (χ1n) is 10.5. The fourth-order valence-electron chi connectivity index (χ4n) is 3.54. The number of hydrogen-bond acceptors (Lipinski definition) is 5. The quantitative estimate of drug-likeness (QED) is 0.430. The second-order valence-corrected chi connectivity index (χ2v) is 10.1. The smallest absolute Gasteiger partial charge is 0.255 e. The highest BCUT2D eigenvalue weighted by Crippen LogP contribution is 2.20. The summed E-state index contributed by atoms with van der Waals surface area (Å²) >= 11 is 0. The van der Waals surface area contributed by atoms with Crippen LogP contribution in [0.3, 0.4) is 0 Å². The van der Waals surface area contributed by atoms with E-state index in [4.69, 9.17) is 4.74 Å². The number of pyridine rings is 1. The molecule has 1 amide bonds. The van der Waals surface area contributed by atoms with Crippen LogP contribution in [0.25, 0.3) is 5.65 Å². The van der Waals surface area contributed by atoms with E-state index in [0.29, 0.717) is 23.4 Å². The predicted molar refractivity (Wildman–Crippen MR) is 127 cm³/mol. The van der Waals surface area contributed by atoms with Crippen LogP contribution in [-0.4, -0.2) is 30.0 Å². The molecule has 170 valence electrons. The van der Waals surface area contributed by atoms with Gasteiger partial charge in [-0.15, -0.1) is 0 Å². The zero-order valence-electron chi connectivity index (χ0n) is 18.5. The second kappa shape index (κ2) is 9.46. The van der Waals surface area contributed by atoms with Gasteiger partial charge < -0.3 is 14.5 Å². The summed E-state index contributed by atoms with van der Waals surface area (Å²) in [7, 11) is -3.08. The van der Waals surface area contributed by atoms with Gasteiger partial charge in [-0.2, -0.15) is 0 Å². The Labute approximate surface area is 193 Å². The number of fused-ring (bicyclic) bond motifs is 1. The van der Waals surface area contributed by atoms with Crippen LogP contribution in [-0.2, 0) is 28.7 Å². The summed E-state index contributed by atoms with van der Waals surface area (Å²) in [5, 5.41) is 2.89. The minimum absolute atomic E-state index is 0.00374. The number of rotatable bonds is 8. The summed E-state index contributed by atoms with van der Waals surface area (Å²) in [6.45, 7) is 2.57. The Morgan fingerprint density at radius 1 is 1.03 bits per heavy atom. The lowest BCUT2D eigenvalue weighted by molar-refractivity contribution is 0.0946. The molecular formula is C25H25N3O4S. The van der Waals surface area contributed by atoms with Crippen molar-refractivity contribution in [3.05, 3.63) is 101 Å². The number of aryl methyl sites for hydroxylation is 1. The minimum Gasteiger partial charge on any atom is -0.486 e. The molecule has 2 aromatic heterocycles. The Kier molecular flexibility index (Phi) is 6.46. The van der Waals surface area contributed by atoms with Gasteiger partial charge >= 0.3 is 0 Å². The van der Waals surface area contributed by atoms with Gasteiger partial charge in [0.15, 0.2) is 9.84 Å². The van der Waals surface area contributed by atoms with Crippen LogP contribution in [0.1, 0.15) is 32.7 Å². The van der Waals surface area contributed by atoms with Gasteiger partial charge in [0.1, 0.15) is 18.0 Å². The largest absolute Gasteiger partial charge is 0.486 e. The third-order valence-corrected chi connectivity index (χ3v) is 6.00. The Bertz CT molecular complexity index is 1390. The zero-order chi connectivity index (χ0) is 23.4. The SMILES string of the molecule is Cc1cccn2cc(COc3ccccc3C(=O)NCc3ccc(CS(C)(=O)=O)cc3)nc12. The maximum Gasteiger partial charge on any atom is 0.255 e. The van der Waals surface area contributed by atoms with Gasteiger partial charge in [-0.05, 0) is 41.8 Å². The van der Waals surface area contributed by atoms with Gasteiger partial charge in [0, 0.05) is 25.2 Å². The number of ether oxygens (including phenoxy) is 1. The number of nitrogens with one attached hydrogen (secondary N) is 1. The van der Waals surface area contributed by atoms with E-state index in [2.05, 4.69) is 10.3 Å². The number of carbonyl (C=O) groups excluding carboxylic acids is 1. The summed E-state index contributed by atoms with van der Waals surface area (Å²) in [6.07, 6.45) is 5.06. The standard InChI is InChI=1S/C25H25N3O4S/c1-18-6-5-13-28-15-21(27-24(18)28)16-32-23-8-4-3-7-22(23)25(29)26-14-19-9-11-20(12-10-19)17-33(2,30)31/h3-13,15H,14,16-17H2,1-2H3,(H,26,29). The van der Waals surface area contributed by atoms with E-state index >= 15 is 0 Å². The van der Waals surface area contributed by atoms with Crippen molar-refractivity contribution in [2.75, 3.05) is 6.26 Å². The summed E-state index contributed by atoms with van der Waals surface area (Å²) in [5.74, 6) is 0.222. The molecule has 0 aliphatic heterocycles. The Hall–Kier alpha value is -3.65. The maximum absolute atomic E-state index is 12.8. The number of sulfone groups is 1. The van der Waals surface area contributed by atoms with Crippen LogP contribution in [0.5, 0.6) is 5.75 Å². The average molecular weight is 464 g/mol. The molecule has 0 aliphatic rings. The third kappa shape index (κ3) is 5.78. The highest BCUT2D eigenvalue weighted by Gasteiger charge is 2.13. The fraction of sp³-hybridized carbons (Fsp3) is 0.200. The lowest BCUT2D eigenvalue weighted by Crippen LogP contribution is -2.23. The van der Waals surface area contributed by atoms with E-state index in [1.807, 2.05) is 54.0 Å². The van der Waals surface area contributed by atoms with Crippen molar-refractivity contribution in [3.8, 4) is 5.75 Å².